The van der Waals surface area contributed by atoms with Gasteiger partial charge in [-0.2, -0.15) is 10.5 Å². The zero-order valence-corrected chi connectivity index (χ0v) is 27.2. The van der Waals surface area contributed by atoms with Crippen molar-refractivity contribution in [2.45, 2.75) is 35.5 Å². The molecular formula is C42H32N4OS. The minimum atomic E-state index is 0.0537. The molecule has 4 heterocycles. The third kappa shape index (κ3) is 5.72. The molecule has 4 aromatic rings. The molecule has 6 heteroatoms. The van der Waals surface area contributed by atoms with E-state index in [0.717, 1.165) is 42.7 Å². The summed E-state index contributed by atoms with van der Waals surface area (Å²) in [4.78, 5) is 7.30. The molecule has 4 aromatic carbocycles. The highest BCUT2D eigenvalue weighted by atomic mass is 32.2. The van der Waals surface area contributed by atoms with Crippen molar-refractivity contribution in [1.29, 1.82) is 10.5 Å². The van der Waals surface area contributed by atoms with Crippen LogP contribution in [0.5, 0.6) is 0 Å². The van der Waals surface area contributed by atoms with E-state index in [2.05, 4.69) is 101 Å². The zero-order chi connectivity index (χ0) is 32.5. The highest BCUT2D eigenvalue weighted by molar-refractivity contribution is 7.99. The highest BCUT2D eigenvalue weighted by Gasteiger charge is 2.25. The fraction of sp³-hybridized carbons (Fsp3) is 0.143. The Hall–Kier alpha value is -5.69. The van der Waals surface area contributed by atoms with Crippen LogP contribution in [-0.2, 0) is 17.6 Å². The van der Waals surface area contributed by atoms with Crippen molar-refractivity contribution >= 4 is 46.7 Å². The molecule has 0 aliphatic carbocycles. The zero-order valence-electron chi connectivity index (χ0n) is 26.4. The predicted octanol–water partition coefficient (Wildman–Crippen LogP) is 10.2. The normalized spacial score (nSPS) is 16.2. The first-order valence-electron chi connectivity index (χ1n) is 16.4. The quantitative estimate of drug-likeness (QED) is 0.178. The molecule has 5 nitrogen and oxygen atoms in total. The van der Waals surface area contributed by atoms with E-state index in [-0.39, 0.29) is 5.57 Å². The molecule has 232 valence electrons. The maximum Gasteiger partial charge on any atom is 0.137 e. The van der Waals surface area contributed by atoms with Gasteiger partial charge in [-0.1, -0.05) is 60.3 Å². The number of hydrogen-bond donors (Lipinski definition) is 0. The first-order valence-corrected chi connectivity index (χ1v) is 17.2. The number of fused-ring (bicyclic) bond motifs is 2. The molecule has 0 spiro atoms. The SMILES string of the molecule is N#CC(C#N)=C1C=C(/C=C/c2ccc(N3c4ccccc4Sc4ccccc43)cc2)OC(/C=C/c2cc3c4c(c2)CCCN4CCC3)=C1. The fourth-order valence-corrected chi connectivity index (χ4v) is 8.06. The van der Waals surface area contributed by atoms with Crippen LogP contribution < -0.4 is 9.80 Å². The summed E-state index contributed by atoms with van der Waals surface area (Å²) in [5, 5.41) is 19.3. The topological polar surface area (TPSA) is 63.3 Å². The lowest BCUT2D eigenvalue weighted by atomic mass is 9.90. The molecule has 48 heavy (non-hydrogen) atoms. The van der Waals surface area contributed by atoms with Crippen molar-refractivity contribution in [3.63, 3.8) is 0 Å². The lowest BCUT2D eigenvalue weighted by Crippen LogP contribution is -2.34. The number of allylic oxidation sites excluding steroid dienone is 6. The third-order valence-corrected chi connectivity index (χ3v) is 10.3. The van der Waals surface area contributed by atoms with Gasteiger partial charge >= 0.3 is 0 Å². The number of nitrogens with zero attached hydrogens (tertiary/aromatic N) is 4. The summed E-state index contributed by atoms with van der Waals surface area (Å²) in [7, 11) is 0. The first-order chi connectivity index (χ1) is 23.7. The molecule has 0 fully saturated rings. The van der Waals surface area contributed by atoms with Gasteiger partial charge in [0.2, 0.25) is 0 Å². The van der Waals surface area contributed by atoms with Gasteiger partial charge in [-0.3, -0.25) is 0 Å². The first kappa shape index (κ1) is 29.7. The van der Waals surface area contributed by atoms with E-state index in [1.807, 2.05) is 30.4 Å². The Kier molecular flexibility index (Phi) is 7.94. The van der Waals surface area contributed by atoms with Crippen molar-refractivity contribution in [3.8, 4) is 12.1 Å². The van der Waals surface area contributed by atoms with Gasteiger partial charge in [-0.15, -0.1) is 0 Å². The smallest absolute Gasteiger partial charge is 0.137 e. The summed E-state index contributed by atoms with van der Waals surface area (Å²) in [6.45, 7) is 2.30. The second-order valence-corrected chi connectivity index (χ2v) is 13.3. The van der Waals surface area contributed by atoms with Crippen LogP contribution in [0, 0.1) is 22.7 Å². The number of rotatable bonds is 5. The maximum absolute atomic E-state index is 9.64. The van der Waals surface area contributed by atoms with Crippen LogP contribution in [0.3, 0.4) is 0 Å². The predicted molar refractivity (Wildman–Crippen MR) is 194 cm³/mol. The van der Waals surface area contributed by atoms with Gasteiger partial charge in [0.25, 0.3) is 0 Å². The molecule has 8 rings (SSSR count). The van der Waals surface area contributed by atoms with Crippen LogP contribution >= 0.6 is 11.8 Å². The summed E-state index contributed by atoms with van der Waals surface area (Å²) in [6.07, 6.45) is 16.0. The Balaban J connectivity index is 1.05. The van der Waals surface area contributed by atoms with Gasteiger partial charge in [0.05, 0.1) is 11.4 Å². The minimum absolute atomic E-state index is 0.0537. The molecule has 4 aliphatic heterocycles. The Bertz CT molecular complexity index is 2080. The number of aryl methyl sites for hydroxylation is 2. The molecule has 0 saturated carbocycles. The standard InChI is InChI=1S/C42H32N4OS/c43-27-34(28-44)33-25-36(47-37(26-33)20-16-30-23-31-7-5-21-45-22-6-8-32(24-30)42(31)45)19-15-29-13-17-35(18-14-29)46-38-9-1-3-11-40(38)48-41-12-4-2-10-39(41)46/h1-4,9-20,23-26H,5-8,21-22H2/b19-15+,20-16+. The van der Waals surface area contributed by atoms with E-state index in [9.17, 15) is 10.5 Å². The third-order valence-electron chi connectivity index (χ3n) is 9.16. The summed E-state index contributed by atoms with van der Waals surface area (Å²) < 4.78 is 6.27. The lowest BCUT2D eigenvalue weighted by molar-refractivity contribution is 0.332. The molecule has 0 N–H and O–H groups in total. The van der Waals surface area contributed by atoms with Crippen LogP contribution in [-0.4, -0.2) is 13.1 Å². The van der Waals surface area contributed by atoms with E-state index >= 15 is 0 Å². The van der Waals surface area contributed by atoms with Crippen LogP contribution in [0.2, 0.25) is 0 Å². The Labute approximate surface area is 285 Å². The molecule has 0 amide bonds. The van der Waals surface area contributed by atoms with Crippen LogP contribution in [0.1, 0.15) is 35.1 Å². The molecule has 0 unspecified atom stereocenters. The Morgan fingerprint density at radius 2 is 1.25 bits per heavy atom. The lowest BCUT2D eigenvalue weighted by Gasteiger charge is -2.37. The second kappa shape index (κ2) is 12.8. The van der Waals surface area contributed by atoms with Gasteiger partial charge in [0.1, 0.15) is 29.2 Å². The van der Waals surface area contributed by atoms with Gasteiger partial charge in [-0.05, 0) is 121 Å². The fourth-order valence-electron chi connectivity index (χ4n) is 7.01. The van der Waals surface area contributed by atoms with Crippen molar-refractivity contribution in [1.82, 2.24) is 0 Å². The molecular weight excluding hydrogens is 609 g/mol. The number of anilines is 4. The second-order valence-electron chi connectivity index (χ2n) is 12.3. The minimum Gasteiger partial charge on any atom is -0.457 e. The van der Waals surface area contributed by atoms with E-state index in [1.54, 1.807) is 23.9 Å². The average molecular weight is 641 g/mol. The van der Waals surface area contributed by atoms with Gasteiger partial charge in [0.15, 0.2) is 0 Å². The number of nitriles is 2. The van der Waals surface area contributed by atoms with E-state index in [1.165, 1.54) is 50.8 Å². The summed E-state index contributed by atoms with van der Waals surface area (Å²) >= 11 is 1.80. The largest absolute Gasteiger partial charge is 0.457 e. The molecule has 0 atom stereocenters. The molecule has 0 radical (unpaired) electrons. The molecule has 0 saturated heterocycles. The average Bonchev–Trinajstić information content (AvgIpc) is 3.13. The van der Waals surface area contributed by atoms with Crippen molar-refractivity contribution in [2.75, 3.05) is 22.9 Å². The van der Waals surface area contributed by atoms with Crippen molar-refractivity contribution in [2.24, 2.45) is 0 Å². The van der Waals surface area contributed by atoms with Gasteiger partial charge in [0, 0.05) is 39.8 Å². The molecule has 0 bridgehead atoms. The maximum atomic E-state index is 9.64. The highest BCUT2D eigenvalue weighted by Crippen LogP contribution is 2.51. The number of ether oxygens (including phenoxy) is 1. The molecule has 0 aromatic heterocycles. The van der Waals surface area contributed by atoms with E-state index < -0.39 is 0 Å². The van der Waals surface area contributed by atoms with Crippen LogP contribution in [0.15, 0.2) is 142 Å². The van der Waals surface area contributed by atoms with Crippen molar-refractivity contribution < 1.29 is 4.74 Å². The van der Waals surface area contributed by atoms with Gasteiger partial charge < -0.3 is 14.5 Å². The van der Waals surface area contributed by atoms with E-state index in [0.29, 0.717) is 17.1 Å². The number of benzene rings is 4. The van der Waals surface area contributed by atoms with Crippen molar-refractivity contribution in [3.05, 3.63) is 154 Å². The summed E-state index contributed by atoms with van der Waals surface area (Å²) in [5.74, 6) is 1.14. The number of para-hydroxylation sites is 2. The monoisotopic (exact) mass is 640 g/mol. The Morgan fingerprint density at radius 1 is 0.688 bits per heavy atom. The number of hydrogen-bond acceptors (Lipinski definition) is 6. The summed E-state index contributed by atoms with van der Waals surface area (Å²) in [5.41, 5.74) is 10.5. The van der Waals surface area contributed by atoms with Crippen LogP contribution in [0.4, 0.5) is 22.7 Å². The Morgan fingerprint density at radius 3 is 1.83 bits per heavy atom. The summed E-state index contributed by atoms with van der Waals surface area (Å²) in [6, 6.07) is 34.1. The molecule has 4 aliphatic rings. The van der Waals surface area contributed by atoms with Gasteiger partial charge in [-0.25, -0.2) is 0 Å². The van der Waals surface area contributed by atoms with Crippen LogP contribution in [0.25, 0.3) is 12.2 Å². The van der Waals surface area contributed by atoms with E-state index in [4.69, 9.17) is 4.74 Å².